The zero-order valence-corrected chi connectivity index (χ0v) is 15.5. The quantitative estimate of drug-likeness (QED) is 0.902. The topological polar surface area (TPSA) is 50.8 Å². The van der Waals surface area contributed by atoms with Crippen molar-refractivity contribution in [2.24, 2.45) is 5.92 Å². The Morgan fingerprint density at radius 1 is 1.29 bits per heavy atom. The van der Waals surface area contributed by atoms with Crippen LogP contribution in [0.2, 0.25) is 0 Å². The molecular weight excluding hydrogens is 304 g/mol. The maximum atomic E-state index is 12.1. The number of anilines is 1. The number of aryl methyl sites for hydroxylation is 1. The average molecular weight is 334 g/mol. The third-order valence-corrected chi connectivity index (χ3v) is 4.26. The molecule has 1 aliphatic heterocycles. The van der Waals surface area contributed by atoms with Crippen LogP contribution in [-0.4, -0.2) is 43.3 Å². The van der Waals surface area contributed by atoms with Crippen LogP contribution in [-0.2, 0) is 4.74 Å². The van der Waals surface area contributed by atoms with Crippen molar-refractivity contribution < 1.29 is 14.3 Å². The maximum absolute atomic E-state index is 12.1. The Hall–Kier alpha value is -1.91. The molecule has 0 bridgehead atoms. The molecule has 5 heteroatoms. The Bertz CT molecular complexity index is 558. The Labute approximate surface area is 145 Å². The summed E-state index contributed by atoms with van der Waals surface area (Å²) in [5, 5.41) is 3.50. The van der Waals surface area contributed by atoms with Gasteiger partial charge in [-0.2, -0.15) is 0 Å². The number of hydrogen-bond acceptors (Lipinski definition) is 4. The molecule has 24 heavy (non-hydrogen) atoms. The lowest BCUT2D eigenvalue weighted by Gasteiger charge is -2.33. The second-order valence-electron chi connectivity index (χ2n) is 7.48. The van der Waals surface area contributed by atoms with Gasteiger partial charge in [0, 0.05) is 25.3 Å². The number of carbonyl (C=O) groups excluding carboxylic acids is 1. The fourth-order valence-electron chi connectivity index (χ4n) is 2.90. The minimum Gasteiger partial charge on any atom is -0.496 e. The molecule has 0 radical (unpaired) electrons. The normalized spacial score (nSPS) is 16.0. The summed E-state index contributed by atoms with van der Waals surface area (Å²) in [5.74, 6) is 1.48. The van der Waals surface area contributed by atoms with Gasteiger partial charge in [0.25, 0.3) is 0 Å². The van der Waals surface area contributed by atoms with Gasteiger partial charge in [-0.05, 0) is 70.2 Å². The van der Waals surface area contributed by atoms with E-state index >= 15 is 0 Å². The SMILES string of the molecule is COc1ccc(NCC2CCN(C(=O)OC(C)(C)C)CC2)cc1C. The van der Waals surface area contributed by atoms with E-state index in [1.165, 1.54) is 0 Å². The lowest BCUT2D eigenvalue weighted by molar-refractivity contribution is 0.0188. The Morgan fingerprint density at radius 2 is 1.96 bits per heavy atom. The smallest absolute Gasteiger partial charge is 0.410 e. The first-order valence-electron chi connectivity index (χ1n) is 8.65. The van der Waals surface area contributed by atoms with Crippen molar-refractivity contribution in [2.45, 2.75) is 46.1 Å². The summed E-state index contributed by atoms with van der Waals surface area (Å²) < 4.78 is 10.7. The van der Waals surface area contributed by atoms with E-state index in [9.17, 15) is 4.79 Å². The van der Waals surface area contributed by atoms with Crippen molar-refractivity contribution in [1.29, 1.82) is 0 Å². The molecule has 1 heterocycles. The van der Waals surface area contributed by atoms with Gasteiger partial charge in [0.2, 0.25) is 0 Å². The summed E-state index contributed by atoms with van der Waals surface area (Å²) >= 11 is 0. The van der Waals surface area contributed by atoms with E-state index in [2.05, 4.69) is 11.4 Å². The fourth-order valence-corrected chi connectivity index (χ4v) is 2.90. The highest BCUT2D eigenvalue weighted by molar-refractivity contribution is 5.68. The van der Waals surface area contributed by atoms with Crippen LogP contribution in [0.1, 0.15) is 39.2 Å². The molecule has 0 saturated carbocycles. The van der Waals surface area contributed by atoms with Gasteiger partial charge in [0.1, 0.15) is 11.4 Å². The van der Waals surface area contributed by atoms with Gasteiger partial charge in [-0.1, -0.05) is 0 Å². The van der Waals surface area contributed by atoms with Gasteiger partial charge in [0.05, 0.1) is 7.11 Å². The molecule has 0 aromatic heterocycles. The van der Waals surface area contributed by atoms with Crippen LogP contribution >= 0.6 is 0 Å². The predicted octanol–water partition coefficient (Wildman–Crippen LogP) is 4.06. The predicted molar refractivity (Wildman–Crippen MR) is 96.8 cm³/mol. The first kappa shape index (κ1) is 18.4. The van der Waals surface area contributed by atoms with Crippen LogP contribution in [0.4, 0.5) is 10.5 Å². The number of nitrogens with zero attached hydrogens (tertiary/aromatic N) is 1. The Kier molecular flexibility index (Phi) is 5.97. The standard InChI is InChI=1S/C19H30N2O3/c1-14-12-16(6-7-17(14)23-5)20-13-15-8-10-21(11-9-15)18(22)24-19(2,3)4/h6-7,12,15,20H,8-11,13H2,1-5H3. The molecule has 1 aliphatic rings. The summed E-state index contributed by atoms with van der Waals surface area (Å²) in [6.07, 6.45) is 1.81. The van der Waals surface area contributed by atoms with Crippen LogP contribution in [0.3, 0.4) is 0 Å². The molecule has 1 aromatic rings. The van der Waals surface area contributed by atoms with E-state index in [-0.39, 0.29) is 6.09 Å². The molecule has 0 aliphatic carbocycles. The summed E-state index contributed by atoms with van der Waals surface area (Å²) in [5.41, 5.74) is 1.81. The number of piperidine rings is 1. The monoisotopic (exact) mass is 334 g/mol. The average Bonchev–Trinajstić information content (AvgIpc) is 2.52. The molecule has 1 saturated heterocycles. The van der Waals surface area contributed by atoms with E-state index in [0.29, 0.717) is 5.92 Å². The van der Waals surface area contributed by atoms with Crippen molar-refractivity contribution in [2.75, 3.05) is 32.1 Å². The van der Waals surface area contributed by atoms with E-state index in [0.717, 1.165) is 49.5 Å². The Balaban J connectivity index is 1.77. The van der Waals surface area contributed by atoms with Gasteiger partial charge < -0.3 is 19.7 Å². The highest BCUT2D eigenvalue weighted by atomic mass is 16.6. The number of amides is 1. The summed E-state index contributed by atoms with van der Waals surface area (Å²) in [6, 6.07) is 6.14. The van der Waals surface area contributed by atoms with Crippen molar-refractivity contribution in [3.8, 4) is 5.75 Å². The number of carbonyl (C=O) groups is 1. The maximum Gasteiger partial charge on any atom is 0.410 e. The highest BCUT2D eigenvalue weighted by Gasteiger charge is 2.26. The van der Waals surface area contributed by atoms with Crippen molar-refractivity contribution in [3.05, 3.63) is 23.8 Å². The summed E-state index contributed by atoms with van der Waals surface area (Å²) in [4.78, 5) is 13.9. The molecule has 1 aromatic carbocycles. The van der Waals surface area contributed by atoms with Crippen LogP contribution in [0, 0.1) is 12.8 Å². The lowest BCUT2D eigenvalue weighted by atomic mass is 9.97. The third kappa shape index (κ3) is 5.32. The number of hydrogen-bond donors (Lipinski definition) is 1. The lowest BCUT2D eigenvalue weighted by Crippen LogP contribution is -2.42. The van der Waals surface area contributed by atoms with Crippen LogP contribution in [0.15, 0.2) is 18.2 Å². The van der Waals surface area contributed by atoms with Crippen LogP contribution in [0.25, 0.3) is 0 Å². The van der Waals surface area contributed by atoms with Gasteiger partial charge in [-0.15, -0.1) is 0 Å². The minimum absolute atomic E-state index is 0.195. The second kappa shape index (κ2) is 7.77. The van der Waals surface area contributed by atoms with Crippen LogP contribution < -0.4 is 10.1 Å². The summed E-state index contributed by atoms with van der Waals surface area (Å²) in [7, 11) is 1.69. The van der Waals surface area contributed by atoms with Gasteiger partial charge in [-0.3, -0.25) is 0 Å². The number of likely N-dealkylation sites (tertiary alicyclic amines) is 1. The molecule has 0 spiro atoms. The molecular formula is C19H30N2O3. The first-order valence-corrected chi connectivity index (χ1v) is 8.65. The largest absolute Gasteiger partial charge is 0.496 e. The number of methoxy groups -OCH3 is 1. The van der Waals surface area contributed by atoms with Gasteiger partial charge in [-0.25, -0.2) is 4.79 Å². The molecule has 1 amide bonds. The van der Waals surface area contributed by atoms with E-state index in [1.807, 2.05) is 44.7 Å². The Morgan fingerprint density at radius 3 is 2.50 bits per heavy atom. The second-order valence-corrected chi connectivity index (χ2v) is 7.48. The zero-order valence-electron chi connectivity index (χ0n) is 15.5. The number of nitrogens with one attached hydrogen (secondary N) is 1. The van der Waals surface area contributed by atoms with E-state index < -0.39 is 5.60 Å². The molecule has 2 rings (SSSR count). The fraction of sp³-hybridized carbons (Fsp3) is 0.632. The molecule has 0 atom stereocenters. The van der Waals surface area contributed by atoms with Gasteiger partial charge >= 0.3 is 6.09 Å². The van der Waals surface area contributed by atoms with Crippen molar-refractivity contribution in [3.63, 3.8) is 0 Å². The van der Waals surface area contributed by atoms with Crippen molar-refractivity contribution >= 4 is 11.8 Å². The first-order chi connectivity index (χ1) is 11.3. The number of rotatable bonds is 4. The number of benzene rings is 1. The summed E-state index contributed by atoms with van der Waals surface area (Å²) in [6.45, 7) is 10.2. The third-order valence-electron chi connectivity index (χ3n) is 4.26. The van der Waals surface area contributed by atoms with E-state index in [4.69, 9.17) is 9.47 Å². The molecule has 134 valence electrons. The molecule has 5 nitrogen and oxygen atoms in total. The zero-order chi connectivity index (χ0) is 17.7. The van der Waals surface area contributed by atoms with Crippen molar-refractivity contribution in [1.82, 2.24) is 4.90 Å². The van der Waals surface area contributed by atoms with Gasteiger partial charge in [0.15, 0.2) is 0 Å². The van der Waals surface area contributed by atoms with E-state index in [1.54, 1.807) is 7.11 Å². The molecule has 1 fully saturated rings. The molecule has 1 N–H and O–H groups in total. The number of ether oxygens (including phenoxy) is 2. The highest BCUT2D eigenvalue weighted by Crippen LogP contribution is 2.23. The van der Waals surface area contributed by atoms with Crippen LogP contribution in [0.5, 0.6) is 5.75 Å². The minimum atomic E-state index is -0.429. The molecule has 0 unspecified atom stereocenters.